The van der Waals surface area contributed by atoms with Gasteiger partial charge in [0.05, 0.1) is 15.9 Å². The highest BCUT2D eigenvalue weighted by atomic mass is 32.1. The van der Waals surface area contributed by atoms with E-state index in [1.807, 2.05) is 30.8 Å². The summed E-state index contributed by atoms with van der Waals surface area (Å²) in [6, 6.07) is 6.02. The average Bonchev–Trinajstić information content (AvgIpc) is 2.86. The van der Waals surface area contributed by atoms with Crippen LogP contribution in [0.15, 0.2) is 36.0 Å². The molecule has 0 atom stereocenters. The summed E-state index contributed by atoms with van der Waals surface area (Å²) < 4.78 is 1.16. The van der Waals surface area contributed by atoms with Crippen molar-refractivity contribution in [2.75, 3.05) is 7.05 Å². The van der Waals surface area contributed by atoms with Crippen LogP contribution in [0.1, 0.15) is 5.69 Å². The van der Waals surface area contributed by atoms with Gasteiger partial charge in [0.1, 0.15) is 0 Å². The lowest BCUT2D eigenvalue weighted by molar-refractivity contribution is 0.788. The first-order chi connectivity index (χ1) is 8.86. The molecular weight excluding hydrogens is 244 g/mol. The van der Waals surface area contributed by atoms with E-state index >= 15 is 0 Å². The third-order valence-corrected chi connectivity index (χ3v) is 3.49. The molecule has 0 saturated carbocycles. The van der Waals surface area contributed by atoms with Crippen molar-refractivity contribution in [1.82, 2.24) is 20.3 Å². The zero-order valence-corrected chi connectivity index (χ0v) is 10.7. The second-order valence-corrected chi connectivity index (χ2v) is 4.88. The van der Waals surface area contributed by atoms with Crippen LogP contribution < -0.4 is 5.32 Å². The fourth-order valence-electron chi connectivity index (χ4n) is 1.78. The summed E-state index contributed by atoms with van der Waals surface area (Å²) in [6.07, 6.45) is 3.61. The van der Waals surface area contributed by atoms with Crippen LogP contribution in [0.25, 0.3) is 21.6 Å². The molecule has 3 aromatic heterocycles. The lowest BCUT2D eigenvalue weighted by Gasteiger charge is -2.03. The number of aromatic nitrogens is 3. The van der Waals surface area contributed by atoms with Gasteiger partial charge >= 0.3 is 0 Å². The van der Waals surface area contributed by atoms with E-state index in [1.165, 1.54) is 0 Å². The van der Waals surface area contributed by atoms with Crippen molar-refractivity contribution in [3.8, 4) is 11.4 Å². The molecule has 0 amide bonds. The molecule has 0 radical (unpaired) electrons. The largest absolute Gasteiger partial charge is 0.314 e. The lowest BCUT2D eigenvalue weighted by atomic mass is 10.2. The highest BCUT2D eigenvalue weighted by Crippen LogP contribution is 2.23. The second-order valence-electron chi connectivity index (χ2n) is 3.93. The molecule has 3 heterocycles. The van der Waals surface area contributed by atoms with Crippen LogP contribution in [0.3, 0.4) is 0 Å². The van der Waals surface area contributed by atoms with Crippen LogP contribution in [-0.2, 0) is 6.54 Å². The minimum Gasteiger partial charge on any atom is -0.314 e. The fraction of sp³-hybridized carbons (Fsp3) is 0.154. The van der Waals surface area contributed by atoms with Crippen molar-refractivity contribution >= 4 is 21.6 Å². The monoisotopic (exact) mass is 256 g/mol. The van der Waals surface area contributed by atoms with Gasteiger partial charge in [0.25, 0.3) is 0 Å². The maximum absolute atomic E-state index is 4.51. The Hall–Kier alpha value is -1.85. The molecule has 0 bridgehead atoms. The normalized spacial score (nSPS) is 10.9. The maximum atomic E-state index is 4.51. The van der Waals surface area contributed by atoms with Crippen molar-refractivity contribution in [3.63, 3.8) is 0 Å². The summed E-state index contributed by atoms with van der Waals surface area (Å²) in [4.78, 5) is 13.2. The van der Waals surface area contributed by atoms with Gasteiger partial charge < -0.3 is 5.32 Å². The Kier molecular flexibility index (Phi) is 3.00. The van der Waals surface area contributed by atoms with E-state index < -0.39 is 0 Å². The topological polar surface area (TPSA) is 50.7 Å². The van der Waals surface area contributed by atoms with Crippen LogP contribution >= 0.6 is 11.3 Å². The molecule has 4 nitrogen and oxygen atoms in total. The smallest absolute Gasteiger partial charge is 0.161 e. The number of fused-ring (bicyclic) bond motifs is 1. The van der Waals surface area contributed by atoms with Crippen molar-refractivity contribution in [2.45, 2.75) is 6.54 Å². The Morgan fingerprint density at radius 1 is 1.28 bits per heavy atom. The van der Waals surface area contributed by atoms with Gasteiger partial charge in [-0.3, -0.25) is 4.98 Å². The molecule has 0 aliphatic heterocycles. The van der Waals surface area contributed by atoms with Gasteiger partial charge in [-0.05, 0) is 30.6 Å². The van der Waals surface area contributed by atoms with E-state index in [2.05, 4.69) is 26.3 Å². The van der Waals surface area contributed by atoms with Gasteiger partial charge in [-0.1, -0.05) is 0 Å². The summed E-state index contributed by atoms with van der Waals surface area (Å²) in [5.74, 6) is 0.727. The van der Waals surface area contributed by atoms with Crippen molar-refractivity contribution in [1.29, 1.82) is 0 Å². The maximum Gasteiger partial charge on any atom is 0.161 e. The molecule has 0 saturated heterocycles. The van der Waals surface area contributed by atoms with Crippen LogP contribution in [0, 0.1) is 0 Å². The Balaban J connectivity index is 2.04. The number of nitrogens with one attached hydrogen (secondary N) is 1. The van der Waals surface area contributed by atoms with Crippen molar-refractivity contribution in [3.05, 3.63) is 41.7 Å². The molecular formula is C13H12N4S. The first-order valence-electron chi connectivity index (χ1n) is 5.67. The van der Waals surface area contributed by atoms with E-state index in [0.29, 0.717) is 0 Å². The third kappa shape index (κ3) is 2.10. The molecule has 0 spiro atoms. The summed E-state index contributed by atoms with van der Waals surface area (Å²) in [6.45, 7) is 0.740. The first-order valence-corrected chi connectivity index (χ1v) is 6.55. The fourth-order valence-corrected chi connectivity index (χ4v) is 2.56. The third-order valence-electron chi connectivity index (χ3n) is 2.63. The number of thiophene rings is 1. The minimum absolute atomic E-state index is 0.727. The summed E-state index contributed by atoms with van der Waals surface area (Å²) in [7, 11) is 1.90. The summed E-state index contributed by atoms with van der Waals surface area (Å²) in [5, 5.41) is 5.13. The van der Waals surface area contributed by atoms with Gasteiger partial charge in [0.15, 0.2) is 5.82 Å². The van der Waals surface area contributed by atoms with Crippen LogP contribution in [0.4, 0.5) is 0 Å². The van der Waals surface area contributed by atoms with Crippen LogP contribution in [0.5, 0.6) is 0 Å². The van der Waals surface area contributed by atoms with Crippen molar-refractivity contribution in [2.24, 2.45) is 0 Å². The predicted molar refractivity (Wildman–Crippen MR) is 73.4 cm³/mol. The highest BCUT2D eigenvalue weighted by Gasteiger charge is 2.05. The molecule has 0 unspecified atom stereocenters. The van der Waals surface area contributed by atoms with Gasteiger partial charge in [-0.25, -0.2) is 9.97 Å². The van der Waals surface area contributed by atoms with Crippen LogP contribution in [0.2, 0.25) is 0 Å². The van der Waals surface area contributed by atoms with E-state index in [4.69, 9.17) is 0 Å². The number of rotatable bonds is 3. The molecule has 5 heteroatoms. The zero-order valence-electron chi connectivity index (χ0n) is 9.92. The number of hydrogen-bond donors (Lipinski definition) is 1. The highest BCUT2D eigenvalue weighted by molar-refractivity contribution is 7.17. The molecule has 0 aliphatic rings. The summed E-state index contributed by atoms with van der Waals surface area (Å²) >= 11 is 1.68. The Morgan fingerprint density at radius 2 is 2.22 bits per heavy atom. The molecule has 0 fully saturated rings. The van der Waals surface area contributed by atoms with Crippen LogP contribution in [-0.4, -0.2) is 22.0 Å². The quantitative estimate of drug-likeness (QED) is 0.782. The molecule has 1 N–H and O–H groups in total. The summed E-state index contributed by atoms with van der Waals surface area (Å²) in [5.41, 5.74) is 2.96. The van der Waals surface area contributed by atoms with Crippen molar-refractivity contribution < 1.29 is 0 Å². The number of pyridine rings is 1. The van der Waals surface area contributed by atoms with E-state index in [-0.39, 0.29) is 0 Å². The molecule has 0 aliphatic carbocycles. The molecule has 0 aromatic carbocycles. The molecule has 3 aromatic rings. The van der Waals surface area contributed by atoms with Gasteiger partial charge in [0, 0.05) is 24.5 Å². The Labute approximate surface area is 109 Å². The molecule has 3 rings (SSSR count). The average molecular weight is 256 g/mol. The first kappa shape index (κ1) is 11.3. The molecule has 90 valence electrons. The van der Waals surface area contributed by atoms with Gasteiger partial charge in [-0.15, -0.1) is 11.3 Å². The van der Waals surface area contributed by atoms with E-state index in [0.717, 1.165) is 33.8 Å². The SMILES string of the molecule is CNCc1ccnc(-c2cnc3ccsc3c2)n1. The Morgan fingerprint density at radius 3 is 3.11 bits per heavy atom. The second kappa shape index (κ2) is 4.80. The zero-order chi connectivity index (χ0) is 12.4. The number of hydrogen-bond acceptors (Lipinski definition) is 5. The van der Waals surface area contributed by atoms with E-state index in [9.17, 15) is 0 Å². The van der Waals surface area contributed by atoms with Gasteiger partial charge in [0.2, 0.25) is 0 Å². The number of nitrogens with zero attached hydrogens (tertiary/aromatic N) is 3. The lowest BCUT2D eigenvalue weighted by Crippen LogP contribution is -2.07. The Bertz CT molecular complexity index is 677. The van der Waals surface area contributed by atoms with E-state index in [1.54, 1.807) is 17.5 Å². The predicted octanol–water partition coefficient (Wildman–Crippen LogP) is 2.47. The van der Waals surface area contributed by atoms with Gasteiger partial charge in [-0.2, -0.15) is 0 Å². The molecule has 18 heavy (non-hydrogen) atoms. The standard InChI is InChI=1S/C13H12N4S/c1-14-8-10-2-4-15-13(17-10)9-6-12-11(16-7-9)3-5-18-12/h2-7,14H,8H2,1H3. The minimum atomic E-state index is 0.727.